The van der Waals surface area contributed by atoms with Gasteiger partial charge in [-0.2, -0.15) is 0 Å². The lowest BCUT2D eigenvalue weighted by atomic mass is 9.71. The summed E-state index contributed by atoms with van der Waals surface area (Å²) in [6, 6.07) is 0. The Balaban J connectivity index is 1.73. The van der Waals surface area contributed by atoms with Crippen LogP contribution in [0.5, 0.6) is 0 Å². The van der Waals surface area contributed by atoms with Crippen LogP contribution >= 0.6 is 0 Å². The predicted molar refractivity (Wildman–Crippen MR) is 99.6 cm³/mol. The minimum Gasteiger partial charge on any atom is -0.332 e. The van der Waals surface area contributed by atoms with Gasteiger partial charge in [0.05, 0.1) is 0 Å². The molecule has 3 saturated carbocycles. The fraction of sp³-hybridized carbons (Fsp3) is 1.00. The first-order chi connectivity index (χ1) is 9.97. The predicted octanol–water partition coefficient (Wildman–Crippen LogP) is 5.82. The summed E-state index contributed by atoms with van der Waals surface area (Å²) in [7, 11) is -1.34. The first-order valence-electron chi connectivity index (χ1n) is 9.76. The lowest BCUT2D eigenvalue weighted by Gasteiger charge is -2.44. The smallest absolute Gasteiger partial charge is 0.123 e. The van der Waals surface area contributed by atoms with E-state index in [2.05, 4.69) is 52.7 Å². The largest absolute Gasteiger partial charge is 0.332 e. The molecule has 0 aromatic heterocycles. The van der Waals surface area contributed by atoms with Crippen molar-refractivity contribution >= 4 is 8.24 Å². The summed E-state index contributed by atoms with van der Waals surface area (Å²) in [6.07, 6.45) is 9.18. The van der Waals surface area contributed by atoms with E-state index in [1.807, 2.05) is 0 Å². The van der Waals surface area contributed by atoms with Crippen molar-refractivity contribution in [2.45, 2.75) is 97.3 Å². The molecule has 3 aliphatic rings. The zero-order valence-corrected chi connectivity index (χ0v) is 17.1. The number of hydrogen-bond donors (Lipinski definition) is 1. The van der Waals surface area contributed by atoms with E-state index in [1.54, 1.807) is 12.8 Å². The Bertz CT molecular complexity index is 420. The van der Waals surface area contributed by atoms with Crippen molar-refractivity contribution in [3.8, 4) is 0 Å². The summed E-state index contributed by atoms with van der Waals surface area (Å²) < 4.78 is 0. The van der Waals surface area contributed by atoms with Crippen molar-refractivity contribution in [3.63, 3.8) is 0 Å². The molecule has 128 valence electrons. The third-order valence-corrected chi connectivity index (χ3v) is 11.0. The molecule has 2 heteroatoms. The van der Waals surface area contributed by atoms with Crippen LogP contribution in [0, 0.1) is 29.1 Å². The number of rotatable bonds is 2. The quantitative estimate of drug-likeness (QED) is 0.632. The van der Waals surface area contributed by atoms with E-state index in [4.69, 9.17) is 0 Å². The molecule has 0 aromatic rings. The summed E-state index contributed by atoms with van der Waals surface area (Å²) >= 11 is 0. The molecule has 22 heavy (non-hydrogen) atoms. The Hall–Kier alpha value is 0.177. The van der Waals surface area contributed by atoms with Crippen LogP contribution in [0.1, 0.15) is 73.1 Å². The highest BCUT2D eigenvalue weighted by Gasteiger charge is 2.53. The van der Waals surface area contributed by atoms with E-state index in [0.717, 1.165) is 29.2 Å². The first kappa shape index (κ1) is 17.0. The summed E-state index contributed by atoms with van der Waals surface area (Å²) in [4.78, 5) is 4.09. The molecule has 0 spiro atoms. The van der Waals surface area contributed by atoms with Gasteiger partial charge in [0.2, 0.25) is 0 Å². The van der Waals surface area contributed by atoms with Crippen molar-refractivity contribution in [1.29, 1.82) is 0 Å². The van der Waals surface area contributed by atoms with Crippen molar-refractivity contribution in [2.24, 2.45) is 29.1 Å². The van der Waals surface area contributed by atoms with E-state index < -0.39 is 8.24 Å². The standard InChI is InChI=1S/C20H39NSi/c1-19(2,3)21-22(6,7)18-9-8-14-10-15-12-20(4,5)13-16(15)11-17(14)18/h14-18,21H,8-13H2,1-7H3/t14?,15-,16?,17?,18?/m1/s1. The molecule has 3 fully saturated rings. The first-order valence-corrected chi connectivity index (χ1v) is 12.8. The Labute approximate surface area is 140 Å². The molecule has 0 amide bonds. The average molecular weight is 322 g/mol. The summed E-state index contributed by atoms with van der Waals surface area (Å²) in [5.41, 5.74) is 1.92. The van der Waals surface area contributed by atoms with E-state index >= 15 is 0 Å². The van der Waals surface area contributed by atoms with Gasteiger partial charge < -0.3 is 4.98 Å². The number of nitrogens with one attached hydrogen (secondary N) is 1. The normalized spacial score (nSPS) is 41.3. The maximum atomic E-state index is 4.09. The molecule has 3 rings (SSSR count). The second kappa shape index (κ2) is 5.34. The van der Waals surface area contributed by atoms with Gasteiger partial charge in [-0.3, -0.25) is 0 Å². The maximum absolute atomic E-state index is 4.09. The highest BCUT2D eigenvalue weighted by Crippen LogP contribution is 2.61. The molecular formula is C20H39NSi. The number of hydrogen-bond acceptors (Lipinski definition) is 1. The minimum atomic E-state index is -1.34. The third kappa shape index (κ3) is 3.33. The Morgan fingerprint density at radius 3 is 2.09 bits per heavy atom. The highest BCUT2D eigenvalue weighted by molar-refractivity contribution is 6.76. The lowest BCUT2D eigenvalue weighted by Crippen LogP contribution is -2.58. The molecular weight excluding hydrogens is 282 g/mol. The fourth-order valence-corrected chi connectivity index (χ4v) is 11.4. The van der Waals surface area contributed by atoms with Crippen molar-refractivity contribution in [2.75, 3.05) is 0 Å². The van der Waals surface area contributed by atoms with Crippen LogP contribution in [0.3, 0.4) is 0 Å². The van der Waals surface area contributed by atoms with Crippen LogP contribution in [0.4, 0.5) is 0 Å². The summed E-state index contributed by atoms with van der Waals surface area (Å²) in [5.74, 6) is 4.23. The monoisotopic (exact) mass is 321 g/mol. The fourth-order valence-electron chi connectivity index (χ4n) is 6.88. The molecule has 1 N–H and O–H groups in total. The van der Waals surface area contributed by atoms with E-state index in [-0.39, 0.29) is 5.54 Å². The van der Waals surface area contributed by atoms with Gasteiger partial charge in [0.25, 0.3) is 0 Å². The minimum absolute atomic E-state index is 0.278. The van der Waals surface area contributed by atoms with Crippen molar-refractivity contribution < 1.29 is 0 Å². The summed E-state index contributed by atoms with van der Waals surface area (Å²) in [6.45, 7) is 17.3. The topological polar surface area (TPSA) is 12.0 Å². The molecule has 0 aliphatic heterocycles. The van der Waals surface area contributed by atoms with E-state index in [9.17, 15) is 0 Å². The highest BCUT2D eigenvalue weighted by atomic mass is 28.3. The molecule has 5 atom stereocenters. The van der Waals surface area contributed by atoms with Gasteiger partial charge in [0.1, 0.15) is 8.24 Å². The van der Waals surface area contributed by atoms with Crippen LogP contribution in [0.2, 0.25) is 18.6 Å². The Morgan fingerprint density at radius 2 is 1.50 bits per heavy atom. The molecule has 0 radical (unpaired) electrons. The van der Waals surface area contributed by atoms with Crippen LogP contribution in [0.25, 0.3) is 0 Å². The van der Waals surface area contributed by atoms with Gasteiger partial charge in [0.15, 0.2) is 0 Å². The van der Waals surface area contributed by atoms with Crippen LogP contribution in [-0.2, 0) is 0 Å². The van der Waals surface area contributed by atoms with Gasteiger partial charge in [-0.25, -0.2) is 0 Å². The van der Waals surface area contributed by atoms with Crippen LogP contribution in [0.15, 0.2) is 0 Å². The van der Waals surface area contributed by atoms with E-state index in [1.165, 1.54) is 25.7 Å². The van der Waals surface area contributed by atoms with Gasteiger partial charge in [-0.15, -0.1) is 0 Å². The average Bonchev–Trinajstić information content (AvgIpc) is 2.80. The zero-order valence-electron chi connectivity index (χ0n) is 16.1. The number of fused-ring (bicyclic) bond motifs is 2. The molecule has 0 heterocycles. The zero-order chi connectivity index (χ0) is 16.3. The second-order valence-electron chi connectivity index (χ2n) is 11.3. The molecule has 0 bridgehead atoms. The SMILES string of the molecule is CC1(C)CC2CC3C(CCC3[Si](C)(C)NC(C)(C)C)C[C@@H]2C1. The lowest BCUT2D eigenvalue weighted by molar-refractivity contribution is 0.155. The van der Waals surface area contributed by atoms with Crippen LogP contribution < -0.4 is 4.98 Å². The van der Waals surface area contributed by atoms with Gasteiger partial charge in [-0.05, 0) is 81.1 Å². The molecule has 0 aromatic carbocycles. The van der Waals surface area contributed by atoms with E-state index in [0.29, 0.717) is 5.41 Å². The van der Waals surface area contributed by atoms with Crippen LogP contribution in [-0.4, -0.2) is 13.8 Å². The van der Waals surface area contributed by atoms with Gasteiger partial charge >= 0.3 is 0 Å². The maximum Gasteiger partial charge on any atom is 0.123 e. The van der Waals surface area contributed by atoms with Crippen molar-refractivity contribution in [3.05, 3.63) is 0 Å². The van der Waals surface area contributed by atoms with Gasteiger partial charge in [0, 0.05) is 5.54 Å². The summed E-state index contributed by atoms with van der Waals surface area (Å²) in [5, 5.41) is 0. The third-order valence-electron chi connectivity index (χ3n) is 7.07. The second-order valence-corrected chi connectivity index (χ2v) is 15.7. The molecule has 1 nitrogen and oxygen atoms in total. The molecule has 0 saturated heterocycles. The van der Waals surface area contributed by atoms with Crippen molar-refractivity contribution in [1.82, 2.24) is 4.98 Å². The van der Waals surface area contributed by atoms with Gasteiger partial charge in [-0.1, -0.05) is 39.8 Å². The Morgan fingerprint density at radius 1 is 0.909 bits per heavy atom. The molecule has 4 unspecified atom stereocenters. The Kier molecular flexibility index (Phi) is 4.13. The molecule has 3 aliphatic carbocycles.